The van der Waals surface area contributed by atoms with Gasteiger partial charge in [0, 0.05) is 25.3 Å². The number of unbranched alkanes of at least 4 members (excludes halogenated alkanes) is 1. The van der Waals surface area contributed by atoms with Crippen molar-refractivity contribution in [3.05, 3.63) is 29.8 Å². The van der Waals surface area contributed by atoms with Gasteiger partial charge in [0.15, 0.2) is 5.78 Å². The highest BCUT2D eigenvalue weighted by Gasteiger charge is 2.25. The van der Waals surface area contributed by atoms with Gasteiger partial charge in [-0.05, 0) is 57.5 Å². The van der Waals surface area contributed by atoms with E-state index in [1.807, 2.05) is 4.90 Å². The first-order valence-corrected chi connectivity index (χ1v) is 11.9. The molecule has 0 saturated heterocycles. The maximum Gasteiger partial charge on any atom is 0.193 e. The minimum Gasteiger partial charge on any atom is -0.491 e. The molecular formula is C25H43NO7. The van der Waals surface area contributed by atoms with Crippen LogP contribution in [0.5, 0.6) is 5.75 Å². The molecule has 1 aromatic rings. The molecule has 0 aliphatic heterocycles. The van der Waals surface area contributed by atoms with Gasteiger partial charge in [-0.1, -0.05) is 20.3 Å². The van der Waals surface area contributed by atoms with Gasteiger partial charge in [-0.3, -0.25) is 9.69 Å². The average molecular weight is 470 g/mol. The Labute approximate surface area is 198 Å². The Hall–Kier alpha value is -1.55. The predicted molar refractivity (Wildman–Crippen MR) is 128 cm³/mol. The number of ketones is 1. The molecule has 0 aliphatic rings. The van der Waals surface area contributed by atoms with E-state index in [-0.39, 0.29) is 12.4 Å². The van der Waals surface area contributed by atoms with Gasteiger partial charge in [-0.25, -0.2) is 0 Å². The molecule has 190 valence electrons. The number of nitrogens with zero attached hydrogens (tertiary/aromatic N) is 1. The molecule has 8 nitrogen and oxygen atoms in total. The minimum atomic E-state index is -1.41. The number of Topliss-reactive ketones (excluding diaryl/α,β-unsaturated/α-hetero) is 1. The second kappa shape index (κ2) is 16.1. The fourth-order valence-corrected chi connectivity index (χ4v) is 3.23. The maximum absolute atomic E-state index is 12.0. The zero-order valence-corrected chi connectivity index (χ0v) is 20.7. The molecule has 2 unspecified atom stereocenters. The Morgan fingerprint density at radius 1 is 0.939 bits per heavy atom. The lowest BCUT2D eigenvalue weighted by atomic mass is 9.97. The number of ether oxygens (including phenoxy) is 3. The topological polar surface area (TPSA) is 109 Å². The van der Waals surface area contributed by atoms with E-state index in [2.05, 4.69) is 13.8 Å². The summed E-state index contributed by atoms with van der Waals surface area (Å²) >= 11 is 0. The van der Waals surface area contributed by atoms with Gasteiger partial charge in [-0.15, -0.1) is 0 Å². The molecule has 0 aromatic heterocycles. The fraction of sp³-hybridized carbons (Fsp3) is 0.720. The zero-order chi connectivity index (χ0) is 24.7. The van der Waals surface area contributed by atoms with Crippen molar-refractivity contribution in [3.63, 3.8) is 0 Å². The van der Waals surface area contributed by atoms with Crippen molar-refractivity contribution in [2.75, 3.05) is 52.7 Å². The Morgan fingerprint density at radius 3 is 2.03 bits per heavy atom. The summed E-state index contributed by atoms with van der Waals surface area (Å²) in [4.78, 5) is 14.1. The van der Waals surface area contributed by atoms with Gasteiger partial charge in [-0.2, -0.15) is 0 Å². The lowest BCUT2D eigenvalue weighted by molar-refractivity contribution is -0.0137. The molecule has 1 aromatic carbocycles. The normalized spacial score (nSPS) is 13.8. The highest BCUT2D eigenvalue weighted by atomic mass is 16.5. The molecule has 0 radical (unpaired) electrons. The first-order valence-electron chi connectivity index (χ1n) is 11.9. The van der Waals surface area contributed by atoms with Crippen LogP contribution in [-0.2, 0) is 9.47 Å². The van der Waals surface area contributed by atoms with Crippen LogP contribution in [0, 0.1) is 0 Å². The monoisotopic (exact) mass is 469 g/mol. The molecule has 0 saturated carbocycles. The standard InChI is InChI=1S/C25H43NO7/c1-5-7-13-31-18-21(27)16-26(12-6-2)17-22(28)19-32-14-15-33-23-10-8-20(9-11-23)24(29)25(3,4)30/h8-11,21-22,27-28,30H,5-7,12-19H2,1-4H3. The summed E-state index contributed by atoms with van der Waals surface area (Å²) in [5.41, 5.74) is -0.993. The number of hydrogen-bond donors (Lipinski definition) is 3. The number of aliphatic hydroxyl groups excluding tert-OH is 2. The zero-order valence-electron chi connectivity index (χ0n) is 20.7. The van der Waals surface area contributed by atoms with E-state index < -0.39 is 17.8 Å². The number of benzene rings is 1. The summed E-state index contributed by atoms with van der Waals surface area (Å²) in [5.74, 6) is 0.246. The third kappa shape index (κ3) is 13.1. The van der Waals surface area contributed by atoms with Crippen LogP contribution in [0.15, 0.2) is 24.3 Å². The van der Waals surface area contributed by atoms with Crippen LogP contribution < -0.4 is 4.74 Å². The lowest BCUT2D eigenvalue weighted by Crippen LogP contribution is -2.41. The molecule has 8 heteroatoms. The first kappa shape index (κ1) is 29.5. The predicted octanol–water partition coefficient (Wildman–Crippen LogP) is 2.29. The van der Waals surface area contributed by atoms with Gasteiger partial charge >= 0.3 is 0 Å². The van der Waals surface area contributed by atoms with Crippen molar-refractivity contribution >= 4 is 5.78 Å². The Morgan fingerprint density at radius 2 is 1.52 bits per heavy atom. The van der Waals surface area contributed by atoms with Crippen molar-refractivity contribution in [2.45, 2.75) is 64.8 Å². The summed E-state index contributed by atoms with van der Waals surface area (Å²) < 4.78 is 16.6. The van der Waals surface area contributed by atoms with Gasteiger partial charge in [0.1, 0.15) is 18.0 Å². The summed E-state index contributed by atoms with van der Waals surface area (Å²) in [5, 5.41) is 30.3. The lowest BCUT2D eigenvalue weighted by Gasteiger charge is -2.26. The average Bonchev–Trinajstić information content (AvgIpc) is 2.76. The Kier molecular flexibility index (Phi) is 14.4. The molecule has 0 fully saturated rings. The number of rotatable bonds is 19. The van der Waals surface area contributed by atoms with Crippen LogP contribution in [0.3, 0.4) is 0 Å². The van der Waals surface area contributed by atoms with E-state index in [0.29, 0.717) is 50.8 Å². The smallest absolute Gasteiger partial charge is 0.193 e. The van der Waals surface area contributed by atoms with Crippen molar-refractivity contribution in [3.8, 4) is 5.75 Å². The molecule has 1 rings (SSSR count). The summed E-state index contributed by atoms with van der Waals surface area (Å²) in [6.45, 7) is 10.5. The highest BCUT2D eigenvalue weighted by Crippen LogP contribution is 2.17. The maximum atomic E-state index is 12.0. The SMILES string of the molecule is CCCCOCC(O)CN(CCC)CC(O)COCCOc1ccc(C(=O)C(C)(C)O)cc1. The molecule has 0 heterocycles. The quantitative estimate of drug-likeness (QED) is 0.209. The van der Waals surface area contributed by atoms with Crippen LogP contribution in [0.4, 0.5) is 0 Å². The largest absolute Gasteiger partial charge is 0.491 e. The van der Waals surface area contributed by atoms with Crippen LogP contribution in [0.2, 0.25) is 0 Å². The third-order valence-corrected chi connectivity index (χ3v) is 4.91. The van der Waals surface area contributed by atoms with Crippen LogP contribution in [-0.4, -0.2) is 96.5 Å². The van der Waals surface area contributed by atoms with E-state index in [1.165, 1.54) is 13.8 Å². The number of carbonyl (C=O) groups excluding carboxylic acids is 1. The number of aliphatic hydroxyl groups is 3. The first-order chi connectivity index (χ1) is 15.7. The van der Waals surface area contributed by atoms with Gasteiger partial charge < -0.3 is 29.5 Å². The number of carbonyl (C=O) groups is 1. The Balaban J connectivity index is 2.27. The van der Waals surface area contributed by atoms with Gasteiger partial charge in [0.2, 0.25) is 0 Å². The van der Waals surface area contributed by atoms with Gasteiger partial charge in [0.05, 0.1) is 32.0 Å². The van der Waals surface area contributed by atoms with E-state index in [9.17, 15) is 20.1 Å². The van der Waals surface area contributed by atoms with Gasteiger partial charge in [0.25, 0.3) is 0 Å². The van der Waals surface area contributed by atoms with Crippen molar-refractivity contribution in [1.29, 1.82) is 0 Å². The summed E-state index contributed by atoms with van der Waals surface area (Å²) in [7, 11) is 0. The molecule has 0 amide bonds. The molecule has 0 spiro atoms. The van der Waals surface area contributed by atoms with E-state index in [4.69, 9.17) is 14.2 Å². The van der Waals surface area contributed by atoms with Crippen molar-refractivity contribution in [2.24, 2.45) is 0 Å². The van der Waals surface area contributed by atoms with E-state index >= 15 is 0 Å². The van der Waals surface area contributed by atoms with Crippen LogP contribution in [0.1, 0.15) is 57.3 Å². The molecule has 2 atom stereocenters. The second-order valence-electron chi connectivity index (χ2n) is 8.83. The highest BCUT2D eigenvalue weighted by molar-refractivity contribution is 6.01. The number of hydrogen-bond acceptors (Lipinski definition) is 8. The third-order valence-electron chi connectivity index (χ3n) is 4.91. The molecule has 33 heavy (non-hydrogen) atoms. The molecule has 0 bridgehead atoms. The minimum absolute atomic E-state index is 0.172. The van der Waals surface area contributed by atoms with Crippen LogP contribution >= 0.6 is 0 Å². The van der Waals surface area contributed by atoms with Crippen molar-refractivity contribution < 1.29 is 34.3 Å². The van der Waals surface area contributed by atoms with E-state index in [0.717, 1.165) is 25.8 Å². The van der Waals surface area contributed by atoms with E-state index in [1.54, 1.807) is 24.3 Å². The second-order valence-corrected chi connectivity index (χ2v) is 8.83. The summed E-state index contributed by atoms with van der Waals surface area (Å²) in [6.07, 6.45) is 1.71. The van der Waals surface area contributed by atoms with Crippen molar-refractivity contribution in [1.82, 2.24) is 4.90 Å². The Bertz CT molecular complexity index is 645. The fourth-order valence-electron chi connectivity index (χ4n) is 3.23. The van der Waals surface area contributed by atoms with Crippen LogP contribution in [0.25, 0.3) is 0 Å². The molecule has 3 N–H and O–H groups in total. The molecule has 0 aliphatic carbocycles. The summed E-state index contributed by atoms with van der Waals surface area (Å²) in [6, 6.07) is 6.58. The molecular weight excluding hydrogens is 426 g/mol.